The highest BCUT2D eigenvalue weighted by atomic mass is 32.2. The quantitative estimate of drug-likeness (QED) is 0.673. The van der Waals surface area contributed by atoms with Gasteiger partial charge in [0.15, 0.2) is 0 Å². The number of carbonyl (C=O) groups is 1. The molecule has 3 N–H and O–H groups in total. The highest BCUT2D eigenvalue weighted by Gasteiger charge is 2.09. The molecule has 1 amide bonds. The van der Waals surface area contributed by atoms with E-state index in [0.29, 0.717) is 9.77 Å². The molecule has 0 aliphatic carbocycles. The lowest BCUT2D eigenvalue weighted by Crippen LogP contribution is -2.31. The summed E-state index contributed by atoms with van der Waals surface area (Å²) in [5, 5.41) is 8.94. The fourth-order valence-electron chi connectivity index (χ4n) is 0.839. The highest BCUT2D eigenvalue weighted by molar-refractivity contribution is 7.89. The molecule has 0 aliphatic heterocycles. The van der Waals surface area contributed by atoms with Gasteiger partial charge in [-0.15, -0.1) is 24.0 Å². The van der Waals surface area contributed by atoms with E-state index in [9.17, 15) is 13.2 Å². The summed E-state index contributed by atoms with van der Waals surface area (Å²) in [5.74, 6) is -0.582. The zero-order valence-corrected chi connectivity index (χ0v) is 10.2. The van der Waals surface area contributed by atoms with E-state index in [2.05, 4.69) is 17.9 Å². The molecule has 8 heteroatoms. The first-order valence-corrected chi connectivity index (χ1v) is 6.99. The number of sulfonamides is 1. The van der Waals surface area contributed by atoms with Crippen molar-refractivity contribution in [2.75, 3.05) is 12.3 Å². The van der Waals surface area contributed by atoms with Crippen LogP contribution in [0.2, 0.25) is 0 Å². The number of thiophene rings is 1. The topological polar surface area (TPSA) is 89.3 Å². The van der Waals surface area contributed by atoms with Gasteiger partial charge < -0.3 is 5.32 Å². The Balaban J connectivity index is 2.44. The summed E-state index contributed by atoms with van der Waals surface area (Å²) in [6, 6.07) is 1.61. The maximum atomic E-state index is 11.4. The Kier molecular flexibility index (Phi) is 4.14. The molecule has 1 rings (SSSR count). The van der Waals surface area contributed by atoms with E-state index >= 15 is 0 Å². The second kappa shape index (κ2) is 4.97. The number of nitrogens with one attached hydrogen (secondary N) is 1. The Labute approximate surface area is 97.1 Å². The molecule has 0 atom stereocenters. The minimum Gasteiger partial charge on any atom is -0.350 e. The summed E-state index contributed by atoms with van der Waals surface area (Å²) in [6.07, 6.45) is 0. The summed E-state index contributed by atoms with van der Waals surface area (Å²) in [6.45, 7) is 0.0114. The van der Waals surface area contributed by atoms with Gasteiger partial charge in [-0.2, -0.15) is 0 Å². The third kappa shape index (κ3) is 4.65. The number of rotatable bonds is 4. The predicted octanol–water partition coefficient (Wildman–Crippen LogP) is 0.0551. The first kappa shape index (κ1) is 12.5. The Bertz CT molecular complexity index is 452. The van der Waals surface area contributed by atoms with Gasteiger partial charge in [-0.1, -0.05) is 0 Å². The second-order valence-electron chi connectivity index (χ2n) is 2.79. The van der Waals surface area contributed by atoms with Crippen LogP contribution in [-0.4, -0.2) is 26.6 Å². The predicted molar refractivity (Wildman–Crippen MR) is 61.9 cm³/mol. The largest absolute Gasteiger partial charge is 0.350 e. The van der Waals surface area contributed by atoms with Crippen molar-refractivity contribution >= 4 is 39.9 Å². The molecule has 1 aromatic rings. The van der Waals surface area contributed by atoms with Gasteiger partial charge in [0, 0.05) is 16.8 Å². The molecule has 84 valence electrons. The molecule has 0 spiro atoms. The summed E-state index contributed by atoms with van der Waals surface area (Å²) in [5.41, 5.74) is 0. The van der Waals surface area contributed by atoms with Crippen LogP contribution in [0.5, 0.6) is 0 Å². The van der Waals surface area contributed by atoms with Crippen LogP contribution in [0.3, 0.4) is 0 Å². The Hall–Kier alpha value is -0.570. The lowest BCUT2D eigenvalue weighted by molar-refractivity contribution is 0.0960. The maximum Gasteiger partial charge on any atom is 0.261 e. The zero-order chi connectivity index (χ0) is 11.5. The van der Waals surface area contributed by atoms with Crippen molar-refractivity contribution in [3.63, 3.8) is 0 Å². The third-order valence-electron chi connectivity index (χ3n) is 1.48. The molecule has 0 aromatic carbocycles. The van der Waals surface area contributed by atoms with Crippen molar-refractivity contribution in [1.82, 2.24) is 5.32 Å². The first-order chi connectivity index (χ1) is 6.88. The lowest BCUT2D eigenvalue weighted by atomic mass is 10.4. The molecule has 0 radical (unpaired) electrons. The highest BCUT2D eigenvalue weighted by Crippen LogP contribution is 2.17. The van der Waals surface area contributed by atoms with Crippen molar-refractivity contribution < 1.29 is 13.2 Å². The van der Waals surface area contributed by atoms with E-state index in [1.54, 1.807) is 11.4 Å². The smallest absolute Gasteiger partial charge is 0.261 e. The summed E-state index contributed by atoms with van der Waals surface area (Å²) >= 11 is 5.30. The SMILES string of the molecule is NS(=O)(=O)CCNC(=O)c1cc(S)cs1. The molecule has 1 heterocycles. The maximum absolute atomic E-state index is 11.4. The van der Waals surface area contributed by atoms with Gasteiger partial charge in [0.1, 0.15) is 0 Å². The van der Waals surface area contributed by atoms with E-state index in [-0.39, 0.29) is 18.2 Å². The Morgan fingerprint density at radius 1 is 1.60 bits per heavy atom. The second-order valence-corrected chi connectivity index (χ2v) is 5.95. The summed E-state index contributed by atoms with van der Waals surface area (Å²) in [4.78, 5) is 12.6. The van der Waals surface area contributed by atoms with Crippen LogP contribution in [0.4, 0.5) is 0 Å². The molecule has 0 bridgehead atoms. The van der Waals surface area contributed by atoms with Crippen LogP contribution in [0.25, 0.3) is 0 Å². The van der Waals surface area contributed by atoms with Gasteiger partial charge >= 0.3 is 0 Å². The molecule has 5 nitrogen and oxygen atoms in total. The van der Waals surface area contributed by atoms with E-state index in [4.69, 9.17) is 5.14 Å². The average Bonchev–Trinajstić information content (AvgIpc) is 2.49. The van der Waals surface area contributed by atoms with Crippen LogP contribution < -0.4 is 10.5 Å². The lowest BCUT2D eigenvalue weighted by Gasteiger charge is -2.01. The van der Waals surface area contributed by atoms with Gasteiger partial charge in [0.05, 0.1) is 10.6 Å². The van der Waals surface area contributed by atoms with E-state index in [1.807, 2.05) is 0 Å². The van der Waals surface area contributed by atoms with Crippen molar-refractivity contribution in [1.29, 1.82) is 0 Å². The van der Waals surface area contributed by atoms with Gasteiger partial charge in [0.2, 0.25) is 10.0 Å². The number of hydrogen-bond acceptors (Lipinski definition) is 5. The summed E-state index contributed by atoms with van der Waals surface area (Å²) < 4.78 is 21.1. The fraction of sp³-hybridized carbons (Fsp3) is 0.286. The van der Waals surface area contributed by atoms with E-state index < -0.39 is 10.0 Å². The molecule has 0 fully saturated rings. The number of nitrogens with two attached hydrogens (primary N) is 1. The van der Waals surface area contributed by atoms with Crippen LogP contribution in [-0.2, 0) is 10.0 Å². The molecule has 15 heavy (non-hydrogen) atoms. The molecule has 0 saturated carbocycles. The van der Waals surface area contributed by atoms with Crippen molar-refractivity contribution in [3.8, 4) is 0 Å². The average molecular weight is 266 g/mol. The monoisotopic (exact) mass is 266 g/mol. The molecule has 0 saturated heterocycles. The number of hydrogen-bond donors (Lipinski definition) is 3. The number of thiol groups is 1. The number of carbonyl (C=O) groups excluding carboxylic acids is 1. The standard InChI is InChI=1S/C7H10N2O3S3/c8-15(11,12)2-1-9-7(10)6-3-5(13)4-14-6/h3-4,13H,1-2H2,(H,9,10)(H2,8,11,12). The zero-order valence-electron chi connectivity index (χ0n) is 7.63. The number of amides is 1. The van der Waals surface area contributed by atoms with Crippen LogP contribution in [0.1, 0.15) is 9.67 Å². The first-order valence-electron chi connectivity index (χ1n) is 3.94. The molecule has 1 aromatic heterocycles. The molecular weight excluding hydrogens is 256 g/mol. The molecule has 0 unspecified atom stereocenters. The van der Waals surface area contributed by atoms with Crippen LogP contribution in [0.15, 0.2) is 16.3 Å². The van der Waals surface area contributed by atoms with Gasteiger partial charge in [-0.05, 0) is 6.07 Å². The van der Waals surface area contributed by atoms with E-state index in [0.717, 1.165) is 0 Å². The van der Waals surface area contributed by atoms with Crippen LogP contribution >= 0.6 is 24.0 Å². The van der Waals surface area contributed by atoms with Crippen molar-refractivity contribution in [3.05, 3.63) is 16.3 Å². The molecule has 0 aliphatic rings. The third-order valence-corrected chi connectivity index (χ3v) is 3.62. The van der Waals surface area contributed by atoms with E-state index in [1.165, 1.54) is 11.3 Å². The number of primary sulfonamides is 1. The van der Waals surface area contributed by atoms with Gasteiger partial charge in [0.25, 0.3) is 5.91 Å². The summed E-state index contributed by atoms with van der Waals surface area (Å²) in [7, 11) is -3.52. The van der Waals surface area contributed by atoms with Gasteiger partial charge in [-0.3, -0.25) is 4.79 Å². The van der Waals surface area contributed by atoms with Crippen LogP contribution in [0, 0.1) is 0 Å². The molecular formula is C7H10N2O3S3. The van der Waals surface area contributed by atoms with Crippen molar-refractivity contribution in [2.45, 2.75) is 4.90 Å². The minimum atomic E-state index is -3.52. The minimum absolute atomic E-state index is 0.0114. The normalized spacial score (nSPS) is 11.3. The Morgan fingerprint density at radius 2 is 2.27 bits per heavy atom. The van der Waals surface area contributed by atoms with Crippen molar-refractivity contribution in [2.24, 2.45) is 5.14 Å². The Morgan fingerprint density at radius 3 is 2.73 bits per heavy atom. The van der Waals surface area contributed by atoms with Gasteiger partial charge in [-0.25, -0.2) is 13.6 Å². The fourth-order valence-corrected chi connectivity index (χ4v) is 2.29.